The average molecular weight is 466 g/mol. The summed E-state index contributed by atoms with van der Waals surface area (Å²) in [5.41, 5.74) is 1.55. The first-order valence-electron chi connectivity index (χ1n) is 13.0. The first kappa shape index (κ1) is 23.2. The van der Waals surface area contributed by atoms with E-state index in [0.717, 1.165) is 70.3 Å². The summed E-state index contributed by atoms with van der Waals surface area (Å²) >= 11 is 0. The molecule has 1 N–H and O–H groups in total. The molecule has 1 atom stereocenters. The fraction of sp³-hybridized carbons (Fsp3) is 0.630. The fourth-order valence-corrected chi connectivity index (χ4v) is 6.63. The molecular formula is C27H37N4O3+. The second-order valence-corrected chi connectivity index (χ2v) is 10.8. The highest BCUT2D eigenvalue weighted by Gasteiger charge is 2.51. The lowest BCUT2D eigenvalue weighted by Crippen LogP contribution is -2.66. The van der Waals surface area contributed by atoms with Gasteiger partial charge in [-0.3, -0.25) is 14.6 Å². The number of hydrogen-bond acceptors (Lipinski definition) is 5. The molecule has 3 saturated heterocycles. The molecule has 6 rings (SSSR count). The van der Waals surface area contributed by atoms with Crippen LogP contribution in [0.4, 0.5) is 5.82 Å². The van der Waals surface area contributed by atoms with Gasteiger partial charge < -0.3 is 14.5 Å². The zero-order valence-corrected chi connectivity index (χ0v) is 20.3. The number of carbonyl (C=O) groups excluding carboxylic acids is 2. The minimum atomic E-state index is -0.460. The molecule has 182 valence electrons. The van der Waals surface area contributed by atoms with Crippen molar-refractivity contribution in [3.63, 3.8) is 0 Å². The van der Waals surface area contributed by atoms with Crippen molar-refractivity contribution in [2.45, 2.75) is 70.8 Å². The standard InChI is InChI=1S/C27H36N4O3/c1-20-16-28-17-24(29-20)30-25(32)19-31-14-10-21(11-15-31)23(18-31)34-26(33)27(22-8-4-5-9-22)12-6-2-3-7-13-27/h4-5,8,16-17,21,23H,2-3,6-7,9-15,18-19H2,1H3/p+1/t21?,23-,31?/m0/s1. The number of esters is 1. The second kappa shape index (κ2) is 9.61. The van der Waals surface area contributed by atoms with Gasteiger partial charge in [0.1, 0.15) is 6.54 Å². The number of nitrogens with one attached hydrogen (secondary N) is 1. The smallest absolute Gasteiger partial charge is 0.316 e. The third kappa shape index (κ3) is 4.67. The van der Waals surface area contributed by atoms with E-state index in [1.54, 1.807) is 12.4 Å². The van der Waals surface area contributed by atoms with Crippen molar-refractivity contribution >= 4 is 17.7 Å². The Kier molecular flexibility index (Phi) is 6.56. The van der Waals surface area contributed by atoms with E-state index < -0.39 is 5.41 Å². The molecule has 1 aromatic heterocycles. The van der Waals surface area contributed by atoms with Gasteiger partial charge in [-0.25, -0.2) is 4.98 Å². The van der Waals surface area contributed by atoms with Gasteiger partial charge in [-0.05, 0) is 31.8 Å². The van der Waals surface area contributed by atoms with Crippen LogP contribution in [0, 0.1) is 18.3 Å². The zero-order valence-electron chi connectivity index (χ0n) is 20.3. The number of carbonyl (C=O) groups is 2. The predicted molar refractivity (Wildman–Crippen MR) is 130 cm³/mol. The number of rotatable bonds is 6. The van der Waals surface area contributed by atoms with Crippen molar-refractivity contribution in [2.24, 2.45) is 11.3 Å². The Bertz CT molecular complexity index is 985. The molecule has 0 spiro atoms. The number of quaternary nitrogens is 1. The van der Waals surface area contributed by atoms with Gasteiger partial charge in [0.05, 0.1) is 30.4 Å². The lowest BCUT2D eigenvalue weighted by atomic mass is 9.73. The Balaban J connectivity index is 1.27. The third-order valence-electron chi connectivity index (χ3n) is 8.54. The van der Waals surface area contributed by atoms with Crippen molar-refractivity contribution in [2.75, 3.05) is 31.5 Å². The van der Waals surface area contributed by atoms with Gasteiger partial charge in [0.25, 0.3) is 5.91 Å². The number of ether oxygens (including phenoxy) is 1. The van der Waals surface area contributed by atoms with Crippen LogP contribution >= 0.6 is 0 Å². The average Bonchev–Trinajstić information content (AvgIpc) is 3.24. The largest absolute Gasteiger partial charge is 0.455 e. The summed E-state index contributed by atoms with van der Waals surface area (Å²) in [7, 11) is 0. The maximum Gasteiger partial charge on any atom is 0.316 e. The first-order chi connectivity index (χ1) is 16.5. The molecule has 34 heavy (non-hydrogen) atoms. The highest BCUT2D eigenvalue weighted by atomic mass is 16.5. The van der Waals surface area contributed by atoms with Crippen LogP contribution in [0.25, 0.3) is 0 Å². The Morgan fingerprint density at radius 3 is 2.59 bits per heavy atom. The van der Waals surface area contributed by atoms with Crippen LogP contribution in [0.1, 0.15) is 63.5 Å². The molecule has 1 amide bonds. The number of amides is 1. The van der Waals surface area contributed by atoms with E-state index in [9.17, 15) is 9.59 Å². The zero-order chi connectivity index (χ0) is 23.6. The molecule has 4 heterocycles. The Labute approximate surface area is 202 Å². The molecule has 0 radical (unpaired) electrons. The predicted octanol–water partition coefficient (Wildman–Crippen LogP) is 4.10. The van der Waals surface area contributed by atoms with E-state index in [4.69, 9.17) is 4.74 Å². The van der Waals surface area contributed by atoms with Gasteiger partial charge in [-0.2, -0.15) is 0 Å². The monoisotopic (exact) mass is 465 g/mol. The minimum Gasteiger partial charge on any atom is -0.455 e. The number of nitrogens with zero attached hydrogens (tertiary/aromatic N) is 3. The van der Waals surface area contributed by atoms with Gasteiger partial charge in [-0.1, -0.05) is 43.9 Å². The number of fused-ring (bicyclic) bond motifs is 3. The van der Waals surface area contributed by atoms with Gasteiger partial charge in [0.2, 0.25) is 0 Å². The van der Waals surface area contributed by atoms with Crippen LogP contribution in [-0.4, -0.2) is 58.6 Å². The van der Waals surface area contributed by atoms with E-state index >= 15 is 0 Å². The summed E-state index contributed by atoms with van der Waals surface area (Å²) in [5, 5.41) is 2.91. The quantitative estimate of drug-likeness (QED) is 0.389. The number of aryl methyl sites for hydroxylation is 1. The van der Waals surface area contributed by atoms with Crippen LogP contribution in [0.15, 0.2) is 36.2 Å². The number of allylic oxidation sites excluding steroid dienone is 3. The molecular weight excluding hydrogens is 428 g/mol. The summed E-state index contributed by atoms with van der Waals surface area (Å²) in [6, 6.07) is 0. The Hall–Kier alpha value is -2.54. The normalized spacial score (nSPS) is 29.9. The van der Waals surface area contributed by atoms with Crippen LogP contribution in [0.5, 0.6) is 0 Å². The maximum atomic E-state index is 13.8. The lowest BCUT2D eigenvalue weighted by Gasteiger charge is -2.52. The molecule has 7 nitrogen and oxygen atoms in total. The third-order valence-corrected chi connectivity index (χ3v) is 8.54. The van der Waals surface area contributed by atoms with Crippen molar-refractivity contribution in [3.8, 4) is 0 Å². The summed E-state index contributed by atoms with van der Waals surface area (Å²) in [6.45, 7) is 4.91. The highest BCUT2D eigenvalue weighted by Crippen LogP contribution is 2.46. The SMILES string of the molecule is Cc1cncc(NC(=O)C[N+]23CCC(CC2)[C@@H](OC(=O)C2(C4=CC=CC4)CCCCCC2)C3)n1. The molecule has 7 heteroatoms. The van der Waals surface area contributed by atoms with Gasteiger partial charge in [0, 0.05) is 25.0 Å². The molecule has 4 fully saturated rings. The van der Waals surface area contributed by atoms with Gasteiger partial charge in [0.15, 0.2) is 18.5 Å². The minimum absolute atomic E-state index is 0.0132. The Morgan fingerprint density at radius 2 is 1.91 bits per heavy atom. The molecule has 2 bridgehead atoms. The van der Waals surface area contributed by atoms with E-state index in [-0.39, 0.29) is 18.0 Å². The van der Waals surface area contributed by atoms with Crippen LogP contribution in [0.2, 0.25) is 0 Å². The molecule has 1 saturated carbocycles. The summed E-state index contributed by atoms with van der Waals surface area (Å²) in [4.78, 5) is 35.2. The molecule has 3 aliphatic heterocycles. The molecule has 0 aromatic carbocycles. The lowest BCUT2D eigenvalue weighted by molar-refractivity contribution is -0.939. The molecule has 0 unspecified atom stereocenters. The Morgan fingerprint density at radius 1 is 1.15 bits per heavy atom. The van der Waals surface area contributed by atoms with Crippen LogP contribution in [0.3, 0.4) is 0 Å². The van der Waals surface area contributed by atoms with Crippen molar-refractivity contribution in [1.82, 2.24) is 9.97 Å². The van der Waals surface area contributed by atoms with Crippen molar-refractivity contribution in [3.05, 3.63) is 41.9 Å². The molecule has 5 aliphatic rings. The number of piperidine rings is 3. The van der Waals surface area contributed by atoms with Crippen molar-refractivity contribution in [1.29, 1.82) is 0 Å². The van der Waals surface area contributed by atoms with Crippen LogP contribution in [-0.2, 0) is 14.3 Å². The molecule has 2 aliphatic carbocycles. The number of anilines is 1. The fourth-order valence-electron chi connectivity index (χ4n) is 6.63. The number of hydrogen-bond donors (Lipinski definition) is 1. The summed E-state index contributed by atoms with van der Waals surface area (Å²) < 4.78 is 7.09. The first-order valence-corrected chi connectivity index (χ1v) is 13.0. The summed E-state index contributed by atoms with van der Waals surface area (Å²) in [6.07, 6.45) is 18.8. The van der Waals surface area contributed by atoms with E-state index in [2.05, 4.69) is 33.5 Å². The van der Waals surface area contributed by atoms with E-state index in [1.165, 1.54) is 18.4 Å². The second-order valence-electron chi connectivity index (χ2n) is 10.8. The van der Waals surface area contributed by atoms with Crippen LogP contribution < -0.4 is 5.32 Å². The van der Waals surface area contributed by atoms with E-state index in [0.29, 0.717) is 22.8 Å². The van der Waals surface area contributed by atoms with E-state index in [1.807, 2.05) is 6.92 Å². The maximum absolute atomic E-state index is 13.8. The topological polar surface area (TPSA) is 81.2 Å². The number of aromatic nitrogens is 2. The van der Waals surface area contributed by atoms with Gasteiger partial charge >= 0.3 is 5.97 Å². The summed E-state index contributed by atoms with van der Waals surface area (Å²) in [5.74, 6) is 0.841. The molecule has 1 aromatic rings. The van der Waals surface area contributed by atoms with Crippen molar-refractivity contribution < 1.29 is 18.8 Å². The highest BCUT2D eigenvalue weighted by molar-refractivity contribution is 5.90. The van der Waals surface area contributed by atoms with Gasteiger partial charge in [-0.15, -0.1) is 0 Å².